The van der Waals surface area contributed by atoms with E-state index in [2.05, 4.69) is 24.1 Å². The van der Waals surface area contributed by atoms with Crippen molar-refractivity contribution in [3.05, 3.63) is 0 Å². The fraction of sp³-hybridized carbons (Fsp3) is 0.938. The van der Waals surface area contributed by atoms with Gasteiger partial charge in [0.2, 0.25) is 5.91 Å². The van der Waals surface area contributed by atoms with E-state index in [0.29, 0.717) is 23.8 Å². The van der Waals surface area contributed by atoms with E-state index in [1.807, 2.05) is 0 Å². The van der Waals surface area contributed by atoms with Crippen molar-refractivity contribution in [1.29, 1.82) is 0 Å². The number of hydrogen-bond donors (Lipinski definition) is 1. The highest BCUT2D eigenvalue weighted by Gasteiger charge is 2.29. The lowest BCUT2D eigenvalue weighted by atomic mass is 9.87. The summed E-state index contributed by atoms with van der Waals surface area (Å²) < 4.78 is 0. The Morgan fingerprint density at radius 1 is 1.11 bits per heavy atom. The van der Waals surface area contributed by atoms with Crippen molar-refractivity contribution in [2.45, 2.75) is 64.8 Å². The monoisotopic (exact) mass is 266 g/mol. The summed E-state index contributed by atoms with van der Waals surface area (Å²) in [5, 5.41) is 3.41. The molecule has 3 nitrogen and oxygen atoms in total. The number of piperidine rings is 1. The van der Waals surface area contributed by atoms with Crippen LogP contribution >= 0.6 is 0 Å². The number of nitrogens with one attached hydrogen (secondary N) is 1. The number of nitrogens with zero attached hydrogens (tertiary/aromatic N) is 1. The number of hydrogen-bond acceptors (Lipinski definition) is 2. The van der Waals surface area contributed by atoms with Crippen LogP contribution in [0.1, 0.15) is 58.8 Å². The van der Waals surface area contributed by atoms with Crippen LogP contribution in [0.15, 0.2) is 0 Å². The van der Waals surface area contributed by atoms with Gasteiger partial charge in [-0.05, 0) is 58.5 Å². The van der Waals surface area contributed by atoms with Crippen LogP contribution in [-0.2, 0) is 4.79 Å². The second kappa shape index (κ2) is 7.28. The minimum absolute atomic E-state index is 0.317. The highest BCUT2D eigenvalue weighted by atomic mass is 16.2. The molecular weight excluding hydrogens is 236 g/mol. The smallest absolute Gasteiger partial charge is 0.225 e. The number of amides is 1. The molecule has 1 aliphatic carbocycles. The second-order valence-electron chi connectivity index (χ2n) is 6.61. The van der Waals surface area contributed by atoms with Gasteiger partial charge in [-0.1, -0.05) is 19.3 Å². The Morgan fingerprint density at radius 3 is 2.32 bits per heavy atom. The Hall–Kier alpha value is -0.570. The zero-order valence-corrected chi connectivity index (χ0v) is 12.7. The minimum atomic E-state index is 0.317. The van der Waals surface area contributed by atoms with Crippen LogP contribution in [0.2, 0.25) is 0 Å². The standard InChI is InChI=1S/C16H30N2O/c1-13(2)18(12-14-8-10-17-11-9-14)16(19)15-6-4-3-5-7-15/h13-15,17H,3-12H2,1-2H3. The van der Waals surface area contributed by atoms with Crippen molar-refractivity contribution in [1.82, 2.24) is 10.2 Å². The van der Waals surface area contributed by atoms with Gasteiger partial charge in [-0.2, -0.15) is 0 Å². The van der Waals surface area contributed by atoms with E-state index in [9.17, 15) is 4.79 Å². The normalized spacial score (nSPS) is 22.7. The van der Waals surface area contributed by atoms with Gasteiger partial charge >= 0.3 is 0 Å². The molecule has 110 valence electrons. The summed E-state index contributed by atoms with van der Waals surface area (Å²) in [5.41, 5.74) is 0. The van der Waals surface area contributed by atoms with Crippen LogP contribution in [0.4, 0.5) is 0 Å². The Morgan fingerprint density at radius 2 is 1.74 bits per heavy atom. The van der Waals surface area contributed by atoms with Gasteiger partial charge in [0.1, 0.15) is 0 Å². The maximum Gasteiger partial charge on any atom is 0.225 e. The molecule has 0 bridgehead atoms. The summed E-state index contributed by atoms with van der Waals surface area (Å²) in [7, 11) is 0. The lowest BCUT2D eigenvalue weighted by molar-refractivity contribution is -0.139. The van der Waals surface area contributed by atoms with Crippen LogP contribution < -0.4 is 5.32 Å². The summed E-state index contributed by atoms with van der Waals surface area (Å²) in [5.74, 6) is 1.46. The number of rotatable bonds is 4. The van der Waals surface area contributed by atoms with Gasteiger partial charge in [-0.3, -0.25) is 4.79 Å². The first-order valence-electron chi connectivity index (χ1n) is 8.19. The first-order chi connectivity index (χ1) is 9.18. The van der Waals surface area contributed by atoms with E-state index in [4.69, 9.17) is 0 Å². The lowest BCUT2D eigenvalue weighted by Crippen LogP contribution is -2.45. The first-order valence-corrected chi connectivity index (χ1v) is 8.19. The Bertz CT molecular complexity index is 278. The first kappa shape index (κ1) is 14.8. The molecule has 1 saturated carbocycles. The average molecular weight is 266 g/mol. The Kier molecular flexibility index (Phi) is 5.68. The highest BCUT2D eigenvalue weighted by molar-refractivity contribution is 5.79. The van der Waals surface area contributed by atoms with Crippen molar-refractivity contribution < 1.29 is 4.79 Å². The summed E-state index contributed by atoms with van der Waals surface area (Å²) in [6.07, 6.45) is 8.50. The molecular formula is C16H30N2O. The van der Waals surface area contributed by atoms with E-state index < -0.39 is 0 Å². The fourth-order valence-electron chi connectivity index (χ4n) is 3.48. The molecule has 1 aliphatic heterocycles. The summed E-state index contributed by atoms with van der Waals surface area (Å²) in [6, 6.07) is 0.351. The maximum absolute atomic E-state index is 12.7. The fourth-order valence-corrected chi connectivity index (χ4v) is 3.48. The lowest BCUT2D eigenvalue weighted by Gasteiger charge is -2.36. The minimum Gasteiger partial charge on any atom is -0.340 e. The van der Waals surface area contributed by atoms with Crippen molar-refractivity contribution in [3.8, 4) is 0 Å². The van der Waals surface area contributed by atoms with Crippen molar-refractivity contribution in [3.63, 3.8) is 0 Å². The molecule has 1 amide bonds. The van der Waals surface area contributed by atoms with Gasteiger partial charge in [-0.25, -0.2) is 0 Å². The zero-order valence-electron chi connectivity index (χ0n) is 12.7. The molecule has 2 aliphatic rings. The number of carbonyl (C=O) groups is 1. The maximum atomic E-state index is 12.7. The molecule has 3 heteroatoms. The van der Waals surface area contributed by atoms with E-state index in [0.717, 1.165) is 32.5 Å². The van der Waals surface area contributed by atoms with Crippen molar-refractivity contribution in [2.24, 2.45) is 11.8 Å². The van der Waals surface area contributed by atoms with E-state index >= 15 is 0 Å². The van der Waals surface area contributed by atoms with E-state index in [1.54, 1.807) is 0 Å². The van der Waals surface area contributed by atoms with Gasteiger partial charge < -0.3 is 10.2 Å². The van der Waals surface area contributed by atoms with Gasteiger partial charge in [-0.15, -0.1) is 0 Å². The van der Waals surface area contributed by atoms with Crippen LogP contribution in [0.5, 0.6) is 0 Å². The van der Waals surface area contributed by atoms with Crippen molar-refractivity contribution >= 4 is 5.91 Å². The largest absolute Gasteiger partial charge is 0.340 e. The van der Waals surface area contributed by atoms with Crippen LogP contribution in [0.25, 0.3) is 0 Å². The van der Waals surface area contributed by atoms with Gasteiger partial charge in [0.15, 0.2) is 0 Å². The van der Waals surface area contributed by atoms with Crippen LogP contribution in [0, 0.1) is 11.8 Å². The molecule has 1 heterocycles. The molecule has 2 fully saturated rings. The van der Waals surface area contributed by atoms with Crippen molar-refractivity contribution in [2.75, 3.05) is 19.6 Å². The average Bonchev–Trinajstić information content (AvgIpc) is 2.46. The summed E-state index contributed by atoms with van der Waals surface area (Å²) in [4.78, 5) is 14.9. The molecule has 1 N–H and O–H groups in total. The third kappa shape index (κ3) is 4.20. The second-order valence-corrected chi connectivity index (χ2v) is 6.61. The molecule has 0 spiro atoms. The summed E-state index contributed by atoms with van der Waals surface area (Å²) in [6.45, 7) is 7.56. The van der Waals surface area contributed by atoms with E-state index in [1.165, 1.54) is 32.1 Å². The molecule has 19 heavy (non-hydrogen) atoms. The number of carbonyl (C=O) groups excluding carboxylic acids is 1. The van der Waals surface area contributed by atoms with Crippen LogP contribution in [-0.4, -0.2) is 36.5 Å². The predicted octanol–water partition coefficient (Wildman–Crippen LogP) is 2.80. The van der Waals surface area contributed by atoms with Crippen LogP contribution in [0.3, 0.4) is 0 Å². The molecule has 0 aromatic carbocycles. The third-order valence-electron chi connectivity index (χ3n) is 4.77. The molecule has 1 saturated heterocycles. The quantitative estimate of drug-likeness (QED) is 0.848. The van der Waals surface area contributed by atoms with Gasteiger partial charge in [0.25, 0.3) is 0 Å². The Labute approximate surface area is 118 Å². The third-order valence-corrected chi connectivity index (χ3v) is 4.77. The highest BCUT2D eigenvalue weighted by Crippen LogP contribution is 2.27. The molecule has 0 unspecified atom stereocenters. The predicted molar refractivity (Wildman–Crippen MR) is 79.0 cm³/mol. The topological polar surface area (TPSA) is 32.3 Å². The molecule has 0 aromatic rings. The molecule has 0 aromatic heterocycles. The molecule has 0 atom stereocenters. The van der Waals surface area contributed by atoms with E-state index in [-0.39, 0.29) is 0 Å². The molecule has 2 rings (SSSR count). The molecule has 0 radical (unpaired) electrons. The SMILES string of the molecule is CC(C)N(CC1CCNCC1)C(=O)C1CCCCC1. The van der Waals surface area contributed by atoms with Gasteiger partial charge in [0.05, 0.1) is 0 Å². The van der Waals surface area contributed by atoms with Gasteiger partial charge in [0, 0.05) is 18.5 Å². The summed E-state index contributed by atoms with van der Waals surface area (Å²) >= 11 is 0. The Balaban J connectivity index is 1.91. The zero-order chi connectivity index (χ0) is 13.7.